The van der Waals surface area contributed by atoms with Gasteiger partial charge in [0, 0.05) is 17.3 Å². The molecule has 5 nitrogen and oxygen atoms in total. The smallest absolute Gasteiger partial charge is 0.314 e. The first kappa shape index (κ1) is 18.3. The van der Waals surface area contributed by atoms with Crippen LogP contribution in [0, 0.1) is 13.8 Å². The van der Waals surface area contributed by atoms with E-state index in [0.717, 1.165) is 16.7 Å². The summed E-state index contributed by atoms with van der Waals surface area (Å²) < 4.78 is 24.6. The zero-order valence-electron chi connectivity index (χ0n) is 15.2. The molecule has 2 heterocycles. The van der Waals surface area contributed by atoms with Crippen molar-refractivity contribution < 1.29 is 13.2 Å². The predicted molar refractivity (Wildman–Crippen MR) is 107 cm³/mol. The molecular formula is C20H21ClN2O3S. The van der Waals surface area contributed by atoms with Crippen LogP contribution in [0.2, 0.25) is 5.02 Å². The van der Waals surface area contributed by atoms with Gasteiger partial charge in [-0.3, -0.25) is 4.90 Å². The number of benzene rings is 2. The number of carbonyl (C=O) groups excluding carboxylic acids is 1. The Bertz CT molecular complexity index is 1000. The third-order valence-corrected chi connectivity index (χ3v) is 7.49. The molecule has 2 aliphatic rings. The van der Waals surface area contributed by atoms with E-state index in [-0.39, 0.29) is 29.6 Å². The van der Waals surface area contributed by atoms with E-state index < -0.39 is 9.84 Å². The highest BCUT2D eigenvalue weighted by atomic mass is 35.5. The lowest BCUT2D eigenvalue weighted by molar-refractivity contribution is 0.206. The summed E-state index contributed by atoms with van der Waals surface area (Å²) in [5.74, 6) is -0.00926. The number of anilines is 1. The van der Waals surface area contributed by atoms with Crippen molar-refractivity contribution in [2.24, 2.45) is 0 Å². The number of amides is 2. The molecule has 0 radical (unpaired) electrons. The Kier molecular flexibility index (Phi) is 4.43. The molecule has 2 saturated heterocycles. The Morgan fingerprint density at radius 3 is 2.37 bits per heavy atom. The van der Waals surface area contributed by atoms with E-state index in [2.05, 4.69) is 0 Å². The maximum Gasteiger partial charge on any atom is 0.325 e. The van der Waals surface area contributed by atoms with Gasteiger partial charge in [-0.05, 0) is 37.1 Å². The second kappa shape index (κ2) is 6.53. The lowest BCUT2D eigenvalue weighted by Crippen LogP contribution is -2.37. The van der Waals surface area contributed by atoms with E-state index in [0.29, 0.717) is 17.3 Å². The number of hydrogen-bond donors (Lipinski definition) is 0. The van der Waals surface area contributed by atoms with Gasteiger partial charge in [0.1, 0.15) is 0 Å². The van der Waals surface area contributed by atoms with Gasteiger partial charge < -0.3 is 4.90 Å². The van der Waals surface area contributed by atoms with Gasteiger partial charge in [0.15, 0.2) is 9.84 Å². The highest BCUT2D eigenvalue weighted by Gasteiger charge is 2.53. The van der Waals surface area contributed by atoms with E-state index in [4.69, 9.17) is 11.6 Å². The largest absolute Gasteiger partial charge is 0.325 e. The molecule has 142 valence electrons. The van der Waals surface area contributed by atoms with Crippen LogP contribution in [-0.4, -0.2) is 42.9 Å². The minimum absolute atomic E-state index is 0.00532. The van der Waals surface area contributed by atoms with Gasteiger partial charge in [0.05, 0.1) is 23.6 Å². The number of aryl methyl sites for hydroxylation is 2. The highest BCUT2D eigenvalue weighted by molar-refractivity contribution is 7.91. The van der Waals surface area contributed by atoms with Gasteiger partial charge >= 0.3 is 6.03 Å². The van der Waals surface area contributed by atoms with E-state index >= 15 is 0 Å². The number of nitrogens with zero attached hydrogens (tertiary/aromatic N) is 2. The quantitative estimate of drug-likeness (QED) is 0.735. The van der Waals surface area contributed by atoms with Gasteiger partial charge in [-0.2, -0.15) is 0 Å². The molecule has 27 heavy (non-hydrogen) atoms. The SMILES string of the molecule is Cc1ccc(CN2C(=O)N(c3ccc(C)c(Cl)c3)[C@H]3CS(=O)(=O)C[C@@H]32)cc1. The van der Waals surface area contributed by atoms with Crippen LogP contribution in [0.3, 0.4) is 0 Å². The van der Waals surface area contributed by atoms with E-state index in [1.54, 1.807) is 15.9 Å². The Hall–Kier alpha value is -2.05. The van der Waals surface area contributed by atoms with Crippen LogP contribution in [0.4, 0.5) is 10.5 Å². The Morgan fingerprint density at radius 1 is 1.04 bits per heavy atom. The average Bonchev–Trinajstić information content (AvgIpc) is 3.03. The topological polar surface area (TPSA) is 57.7 Å². The first-order valence-corrected chi connectivity index (χ1v) is 11.1. The summed E-state index contributed by atoms with van der Waals surface area (Å²) in [6.45, 7) is 4.30. The number of fused-ring (bicyclic) bond motifs is 1. The monoisotopic (exact) mass is 404 g/mol. The number of carbonyl (C=O) groups is 1. The standard InChI is InChI=1S/C20H21ClN2O3S/c1-13-3-6-15(7-4-13)10-22-18-11-27(25,26)12-19(18)23(20(22)24)16-8-5-14(2)17(21)9-16/h3-9,18-19H,10-12H2,1-2H3/t18-,19-/m0/s1. The number of halogens is 1. The summed E-state index contributed by atoms with van der Waals surface area (Å²) in [6, 6.07) is 12.5. The molecule has 0 unspecified atom stereocenters. The molecule has 0 aromatic heterocycles. The van der Waals surface area contributed by atoms with Crippen LogP contribution in [0.1, 0.15) is 16.7 Å². The van der Waals surface area contributed by atoms with Gasteiger partial charge in [-0.1, -0.05) is 47.5 Å². The third kappa shape index (κ3) is 3.32. The normalized spacial score (nSPS) is 23.7. The summed E-state index contributed by atoms with van der Waals surface area (Å²) in [4.78, 5) is 16.5. The minimum Gasteiger partial charge on any atom is -0.314 e. The van der Waals surface area contributed by atoms with Gasteiger partial charge in [0.2, 0.25) is 0 Å². The zero-order chi connectivity index (χ0) is 19.3. The molecule has 0 spiro atoms. The van der Waals surface area contributed by atoms with Crippen molar-refractivity contribution in [1.29, 1.82) is 0 Å². The highest BCUT2D eigenvalue weighted by Crippen LogP contribution is 2.37. The van der Waals surface area contributed by atoms with E-state index in [1.807, 2.05) is 50.2 Å². The maximum absolute atomic E-state index is 13.2. The van der Waals surface area contributed by atoms with Crippen LogP contribution in [0.15, 0.2) is 42.5 Å². The average molecular weight is 405 g/mol. The molecule has 2 aromatic carbocycles. The Balaban J connectivity index is 1.71. The van der Waals surface area contributed by atoms with Crippen molar-refractivity contribution >= 4 is 33.2 Å². The van der Waals surface area contributed by atoms with Gasteiger partial charge in [0.25, 0.3) is 0 Å². The van der Waals surface area contributed by atoms with Crippen LogP contribution in [-0.2, 0) is 16.4 Å². The molecule has 2 aromatic rings. The van der Waals surface area contributed by atoms with Gasteiger partial charge in [-0.15, -0.1) is 0 Å². The molecule has 0 bridgehead atoms. The molecule has 7 heteroatoms. The van der Waals surface area contributed by atoms with Crippen LogP contribution in [0.5, 0.6) is 0 Å². The summed E-state index contributed by atoms with van der Waals surface area (Å²) in [5.41, 5.74) is 3.69. The van der Waals surface area contributed by atoms with Crippen molar-refractivity contribution in [3.63, 3.8) is 0 Å². The Labute approximate surface area is 164 Å². The first-order valence-electron chi connectivity index (χ1n) is 8.87. The second-order valence-corrected chi connectivity index (χ2v) is 9.97. The summed E-state index contributed by atoms with van der Waals surface area (Å²) in [6.07, 6.45) is 0. The van der Waals surface area contributed by atoms with Crippen molar-refractivity contribution in [2.45, 2.75) is 32.5 Å². The van der Waals surface area contributed by atoms with Crippen molar-refractivity contribution in [3.8, 4) is 0 Å². The van der Waals surface area contributed by atoms with Crippen LogP contribution >= 0.6 is 11.6 Å². The molecule has 0 saturated carbocycles. The summed E-state index contributed by atoms with van der Waals surface area (Å²) >= 11 is 6.25. The Morgan fingerprint density at radius 2 is 1.70 bits per heavy atom. The molecule has 2 aliphatic heterocycles. The summed E-state index contributed by atoms with van der Waals surface area (Å²) in [7, 11) is -3.19. The van der Waals surface area contributed by atoms with E-state index in [9.17, 15) is 13.2 Å². The number of rotatable bonds is 3. The maximum atomic E-state index is 13.2. The predicted octanol–water partition coefficient (Wildman–Crippen LogP) is 3.56. The van der Waals surface area contributed by atoms with Gasteiger partial charge in [-0.25, -0.2) is 13.2 Å². The number of urea groups is 1. The fraction of sp³-hybridized carbons (Fsp3) is 0.350. The lowest BCUT2D eigenvalue weighted by Gasteiger charge is -2.23. The zero-order valence-corrected chi connectivity index (χ0v) is 16.8. The fourth-order valence-electron chi connectivity index (χ4n) is 3.89. The second-order valence-electron chi connectivity index (χ2n) is 7.41. The van der Waals surface area contributed by atoms with Crippen LogP contribution < -0.4 is 4.90 Å². The van der Waals surface area contributed by atoms with Crippen molar-refractivity contribution in [1.82, 2.24) is 4.90 Å². The molecule has 4 rings (SSSR count). The minimum atomic E-state index is -3.19. The lowest BCUT2D eigenvalue weighted by atomic mass is 10.1. The molecule has 2 fully saturated rings. The summed E-state index contributed by atoms with van der Waals surface area (Å²) in [5, 5.41) is 0.565. The fourth-order valence-corrected chi connectivity index (χ4v) is 6.01. The molecule has 2 amide bonds. The molecule has 2 atom stereocenters. The number of hydrogen-bond acceptors (Lipinski definition) is 3. The van der Waals surface area contributed by atoms with Crippen molar-refractivity contribution in [3.05, 3.63) is 64.2 Å². The molecule has 0 aliphatic carbocycles. The van der Waals surface area contributed by atoms with Crippen LogP contribution in [0.25, 0.3) is 0 Å². The molecular weight excluding hydrogens is 384 g/mol. The van der Waals surface area contributed by atoms with Crippen molar-refractivity contribution in [2.75, 3.05) is 16.4 Å². The first-order chi connectivity index (χ1) is 12.7. The third-order valence-electron chi connectivity index (χ3n) is 5.38. The molecule has 0 N–H and O–H groups in total. The number of sulfone groups is 1. The van der Waals surface area contributed by atoms with E-state index in [1.165, 1.54) is 0 Å².